The second-order valence-corrected chi connectivity index (χ2v) is 4.18. The maximum absolute atomic E-state index is 9.26. The van der Waals surface area contributed by atoms with E-state index in [2.05, 4.69) is 13.8 Å². The summed E-state index contributed by atoms with van der Waals surface area (Å²) in [6.45, 7) is 8.19. The van der Waals surface area contributed by atoms with E-state index >= 15 is 0 Å². The molecule has 86 valence electrons. The smallest absolute Gasteiger partial charge is 0.115 e. The first-order valence-electron chi connectivity index (χ1n) is 5.30. The fourth-order valence-corrected chi connectivity index (χ4v) is 1.73. The summed E-state index contributed by atoms with van der Waals surface area (Å²) in [6.07, 6.45) is 0. The van der Waals surface area contributed by atoms with Crippen molar-refractivity contribution in [3.05, 3.63) is 73.5 Å². The van der Waals surface area contributed by atoms with E-state index < -0.39 is 5.41 Å². The van der Waals surface area contributed by atoms with Crippen LogP contribution in [0.15, 0.2) is 48.5 Å². The molecule has 0 atom stereocenters. The molecular formula is C15H14O2. The number of phenolic OH excluding ortho intramolecular Hbond substituents is 2. The van der Waals surface area contributed by atoms with E-state index in [9.17, 15) is 10.2 Å². The third-order valence-electron chi connectivity index (χ3n) is 2.84. The highest BCUT2D eigenvalue weighted by molar-refractivity contribution is 5.45. The zero-order valence-electron chi connectivity index (χ0n) is 9.43. The van der Waals surface area contributed by atoms with Crippen molar-refractivity contribution in [1.82, 2.24) is 0 Å². The highest BCUT2D eigenvalue weighted by atomic mass is 16.3. The van der Waals surface area contributed by atoms with Gasteiger partial charge < -0.3 is 10.2 Å². The fourth-order valence-electron chi connectivity index (χ4n) is 1.73. The topological polar surface area (TPSA) is 40.5 Å². The zero-order valence-corrected chi connectivity index (χ0v) is 9.43. The standard InChI is InChI=1S/C15H14O2/c1-15(2,11-3-7-13(16)8-4-11)12-5-9-14(17)10-6-12/h3-10,16-17H,1-2H2. The highest BCUT2D eigenvalue weighted by Crippen LogP contribution is 2.32. The van der Waals surface area contributed by atoms with Gasteiger partial charge in [0.15, 0.2) is 0 Å². The second-order valence-electron chi connectivity index (χ2n) is 4.18. The van der Waals surface area contributed by atoms with Crippen molar-refractivity contribution < 1.29 is 10.2 Å². The van der Waals surface area contributed by atoms with E-state index in [-0.39, 0.29) is 11.5 Å². The van der Waals surface area contributed by atoms with E-state index in [0.717, 1.165) is 11.1 Å². The Labute approximate surface area is 101 Å². The number of aromatic hydroxyl groups is 2. The molecule has 2 aromatic carbocycles. The van der Waals surface area contributed by atoms with Crippen molar-refractivity contribution >= 4 is 0 Å². The van der Waals surface area contributed by atoms with Crippen molar-refractivity contribution in [3.8, 4) is 11.5 Å². The maximum Gasteiger partial charge on any atom is 0.115 e. The molecule has 0 fully saturated rings. The normalized spacial score (nSPS) is 11.4. The van der Waals surface area contributed by atoms with Crippen molar-refractivity contribution in [2.75, 3.05) is 0 Å². The molecule has 0 aliphatic carbocycles. The summed E-state index contributed by atoms with van der Waals surface area (Å²) in [7, 11) is 0. The van der Waals surface area contributed by atoms with Gasteiger partial charge in [-0.3, -0.25) is 0 Å². The minimum Gasteiger partial charge on any atom is -0.508 e. The number of rotatable bonds is 2. The molecule has 0 saturated heterocycles. The fraction of sp³-hybridized carbons (Fsp3) is 0.0667. The summed E-state index contributed by atoms with van der Waals surface area (Å²) in [5.74, 6) is 0.436. The van der Waals surface area contributed by atoms with Gasteiger partial charge in [-0.1, -0.05) is 24.3 Å². The Hall–Kier alpha value is -1.96. The number of hydrogen-bond acceptors (Lipinski definition) is 2. The lowest BCUT2D eigenvalue weighted by molar-refractivity contribution is 0.475. The predicted molar refractivity (Wildman–Crippen MR) is 67.7 cm³/mol. The third kappa shape index (κ3) is 2.26. The molecule has 0 saturated carbocycles. The molecule has 2 radical (unpaired) electrons. The van der Waals surface area contributed by atoms with Gasteiger partial charge in [0.05, 0.1) is 0 Å². The van der Waals surface area contributed by atoms with Gasteiger partial charge in [0, 0.05) is 5.41 Å². The van der Waals surface area contributed by atoms with Crippen molar-refractivity contribution in [3.63, 3.8) is 0 Å². The van der Waals surface area contributed by atoms with Crippen molar-refractivity contribution in [2.24, 2.45) is 0 Å². The second kappa shape index (κ2) is 4.13. The summed E-state index contributed by atoms with van der Waals surface area (Å²) in [5, 5.41) is 18.5. The summed E-state index contributed by atoms with van der Waals surface area (Å²) < 4.78 is 0. The van der Waals surface area contributed by atoms with Crippen LogP contribution in [0.4, 0.5) is 0 Å². The maximum atomic E-state index is 9.26. The van der Waals surface area contributed by atoms with E-state index in [1.165, 1.54) is 0 Å². The van der Waals surface area contributed by atoms with Gasteiger partial charge in [-0.05, 0) is 49.2 Å². The Morgan fingerprint density at radius 1 is 0.647 bits per heavy atom. The van der Waals surface area contributed by atoms with Gasteiger partial charge in [0.1, 0.15) is 11.5 Å². The summed E-state index contributed by atoms with van der Waals surface area (Å²) in [6, 6.07) is 13.6. The van der Waals surface area contributed by atoms with Crippen LogP contribution in [0, 0.1) is 13.8 Å². The molecule has 2 nitrogen and oxygen atoms in total. The van der Waals surface area contributed by atoms with Crippen LogP contribution in [0.5, 0.6) is 11.5 Å². The minimum absolute atomic E-state index is 0.218. The first-order valence-corrected chi connectivity index (χ1v) is 5.30. The first-order chi connectivity index (χ1) is 8.00. The van der Waals surface area contributed by atoms with Gasteiger partial charge >= 0.3 is 0 Å². The highest BCUT2D eigenvalue weighted by Gasteiger charge is 2.23. The Balaban J connectivity index is 2.41. The van der Waals surface area contributed by atoms with Gasteiger partial charge in [-0.15, -0.1) is 0 Å². The number of hydrogen-bond donors (Lipinski definition) is 2. The monoisotopic (exact) mass is 226 g/mol. The molecule has 2 heteroatoms. The SMILES string of the molecule is [CH2]C([CH2])(c1ccc(O)cc1)c1ccc(O)cc1. The summed E-state index contributed by atoms with van der Waals surface area (Å²) in [5.41, 5.74) is 1.16. The summed E-state index contributed by atoms with van der Waals surface area (Å²) >= 11 is 0. The molecule has 0 amide bonds. The Kier molecular flexibility index (Phi) is 2.80. The molecule has 0 aromatic heterocycles. The first kappa shape index (κ1) is 11.5. The van der Waals surface area contributed by atoms with Crippen LogP contribution in [-0.4, -0.2) is 10.2 Å². The van der Waals surface area contributed by atoms with Gasteiger partial charge in [0.2, 0.25) is 0 Å². The Morgan fingerprint density at radius 3 is 1.24 bits per heavy atom. The molecule has 2 aromatic rings. The largest absolute Gasteiger partial charge is 0.508 e. The molecule has 0 aliphatic heterocycles. The molecular weight excluding hydrogens is 212 g/mol. The average Bonchev–Trinajstić information content (AvgIpc) is 2.30. The van der Waals surface area contributed by atoms with Crippen LogP contribution in [0.25, 0.3) is 0 Å². The predicted octanol–water partition coefficient (Wildman–Crippen LogP) is 3.05. The number of phenols is 2. The zero-order chi connectivity index (χ0) is 12.5. The molecule has 0 spiro atoms. The quantitative estimate of drug-likeness (QED) is 0.826. The Bertz CT molecular complexity index is 448. The van der Waals surface area contributed by atoms with Crippen LogP contribution in [0.2, 0.25) is 0 Å². The minimum atomic E-state index is -0.651. The van der Waals surface area contributed by atoms with Gasteiger partial charge in [-0.2, -0.15) is 0 Å². The molecule has 17 heavy (non-hydrogen) atoms. The third-order valence-corrected chi connectivity index (χ3v) is 2.84. The molecule has 2 N–H and O–H groups in total. The molecule has 0 aliphatic rings. The molecule has 2 rings (SSSR count). The van der Waals surface area contributed by atoms with Crippen LogP contribution in [-0.2, 0) is 5.41 Å². The Morgan fingerprint density at radius 2 is 0.941 bits per heavy atom. The van der Waals surface area contributed by atoms with E-state index in [1.54, 1.807) is 48.5 Å². The van der Waals surface area contributed by atoms with Crippen LogP contribution < -0.4 is 0 Å². The molecule has 0 heterocycles. The number of benzene rings is 2. The lowest BCUT2D eigenvalue weighted by atomic mass is 9.78. The van der Waals surface area contributed by atoms with Crippen LogP contribution in [0.3, 0.4) is 0 Å². The van der Waals surface area contributed by atoms with Crippen molar-refractivity contribution in [2.45, 2.75) is 5.41 Å². The van der Waals surface area contributed by atoms with E-state index in [4.69, 9.17) is 0 Å². The van der Waals surface area contributed by atoms with Crippen molar-refractivity contribution in [1.29, 1.82) is 0 Å². The molecule has 0 bridgehead atoms. The average molecular weight is 226 g/mol. The molecule has 0 unspecified atom stereocenters. The van der Waals surface area contributed by atoms with E-state index in [1.807, 2.05) is 0 Å². The van der Waals surface area contributed by atoms with Gasteiger partial charge in [-0.25, -0.2) is 0 Å². The van der Waals surface area contributed by atoms with E-state index in [0.29, 0.717) is 0 Å². The van der Waals surface area contributed by atoms with Crippen LogP contribution in [0.1, 0.15) is 11.1 Å². The van der Waals surface area contributed by atoms with Gasteiger partial charge in [0.25, 0.3) is 0 Å². The summed E-state index contributed by atoms with van der Waals surface area (Å²) in [4.78, 5) is 0. The lowest BCUT2D eigenvalue weighted by Crippen LogP contribution is -2.19. The lowest BCUT2D eigenvalue weighted by Gasteiger charge is -2.25. The van der Waals surface area contributed by atoms with Crippen LogP contribution >= 0.6 is 0 Å².